The van der Waals surface area contributed by atoms with Crippen molar-refractivity contribution in [2.75, 3.05) is 18.0 Å². The largest absolute Gasteiger partial charge is 0.481 e. The maximum Gasteiger partial charge on any atom is 0.316 e. The van der Waals surface area contributed by atoms with E-state index in [4.69, 9.17) is 0 Å². The molecule has 0 amide bonds. The lowest BCUT2D eigenvalue weighted by Gasteiger charge is -2.31. The van der Waals surface area contributed by atoms with Gasteiger partial charge in [-0.25, -0.2) is 14.4 Å². The molecule has 1 fully saturated rings. The molecular weight excluding hydrogens is 584 g/mol. The van der Waals surface area contributed by atoms with E-state index in [1.807, 2.05) is 17.0 Å². The number of pyridine rings is 1. The molecule has 1 aliphatic heterocycles. The van der Waals surface area contributed by atoms with Crippen molar-refractivity contribution in [3.63, 3.8) is 0 Å². The number of fused-ring (bicyclic) bond motifs is 1. The number of carboxylic acid groups (broad SMARTS) is 1. The first-order valence-electron chi connectivity index (χ1n) is 11.3. The first-order chi connectivity index (χ1) is 17.2. The lowest BCUT2D eigenvalue weighted by atomic mass is 9.98. The van der Waals surface area contributed by atoms with Crippen LogP contribution in [-0.4, -0.2) is 43.6 Å². The third-order valence-corrected chi connectivity index (χ3v) is 7.96. The number of hydrogen-bond acceptors (Lipinski definition) is 4. The van der Waals surface area contributed by atoms with Crippen molar-refractivity contribution in [3.8, 4) is 22.5 Å². The fourth-order valence-electron chi connectivity index (χ4n) is 4.41. The smallest absolute Gasteiger partial charge is 0.316 e. The Hall–Kier alpha value is -3.28. The van der Waals surface area contributed by atoms with Gasteiger partial charge in [-0.2, -0.15) is 8.78 Å². The molecule has 3 heterocycles. The van der Waals surface area contributed by atoms with Crippen LogP contribution in [0, 0.1) is 11.7 Å². The van der Waals surface area contributed by atoms with Crippen molar-refractivity contribution >= 4 is 48.1 Å². The highest BCUT2D eigenvalue weighted by atomic mass is 127. The number of imidazole rings is 1. The molecule has 1 aliphatic rings. The van der Waals surface area contributed by atoms with Gasteiger partial charge in [0.05, 0.1) is 22.5 Å². The highest BCUT2D eigenvalue weighted by molar-refractivity contribution is 14.2. The second kappa shape index (κ2) is 9.64. The lowest BCUT2D eigenvalue weighted by Crippen LogP contribution is -2.39. The van der Waals surface area contributed by atoms with Crippen molar-refractivity contribution in [2.24, 2.45) is 5.92 Å². The number of rotatable bonds is 6. The zero-order valence-corrected chi connectivity index (χ0v) is 21.2. The highest BCUT2D eigenvalue weighted by Gasteiger charge is 2.29. The van der Waals surface area contributed by atoms with Crippen LogP contribution in [0.4, 0.5) is 19.0 Å². The summed E-state index contributed by atoms with van der Waals surface area (Å²) >= 11 is -1.56. The van der Waals surface area contributed by atoms with Gasteiger partial charge in [0, 0.05) is 30.4 Å². The minimum absolute atomic E-state index is 0.122. The number of anilines is 1. The fraction of sp³-hybridized carbons (Fsp3) is 0.231. The highest BCUT2D eigenvalue weighted by Crippen LogP contribution is 2.39. The number of aliphatic carboxylic acids is 1. The predicted octanol–water partition coefficient (Wildman–Crippen LogP) is 6.18. The number of alkyl halides is 3. The van der Waals surface area contributed by atoms with Crippen molar-refractivity contribution in [2.45, 2.75) is 16.8 Å². The third kappa shape index (κ3) is 4.73. The molecule has 2 N–H and O–H groups in total. The summed E-state index contributed by atoms with van der Waals surface area (Å²) in [5, 5.41) is 9.30. The predicted molar refractivity (Wildman–Crippen MR) is 142 cm³/mol. The van der Waals surface area contributed by atoms with Gasteiger partial charge in [0.15, 0.2) is 0 Å². The summed E-state index contributed by atoms with van der Waals surface area (Å²) in [5.74, 6) is -0.770. The normalized spacial score (nSPS) is 16.4. The van der Waals surface area contributed by atoms with Crippen LogP contribution in [0.1, 0.15) is 18.4 Å². The zero-order chi connectivity index (χ0) is 25.4. The number of nitrogens with one attached hydrogen (secondary N) is 1. The molecule has 36 heavy (non-hydrogen) atoms. The second-order valence-corrected chi connectivity index (χ2v) is 10.8. The van der Waals surface area contributed by atoms with E-state index < -0.39 is 42.4 Å². The fourth-order valence-corrected chi connectivity index (χ4v) is 5.18. The van der Waals surface area contributed by atoms with Gasteiger partial charge in [-0.05, 0) is 81.6 Å². The molecule has 0 bridgehead atoms. The minimum atomic E-state index is -2.94. The Morgan fingerprint density at radius 2 is 1.97 bits per heavy atom. The summed E-state index contributed by atoms with van der Waals surface area (Å²) in [5.41, 5.74) is 2.32. The van der Waals surface area contributed by atoms with Crippen LogP contribution in [0.5, 0.6) is 0 Å². The van der Waals surface area contributed by atoms with E-state index >= 15 is 4.39 Å². The molecule has 0 aliphatic carbocycles. The molecule has 186 valence electrons. The quantitative estimate of drug-likeness (QED) is 0.202. The molecule has 0 radical (unpaired) electrons. The zero-order valence-electron chi connectivity index (χ0n) is 19.0. The first kappa shape index (κ1) is 24.4. The van der Waals surface area contributed by atoms with Crippen LogP contribution >= 0.6 is 20.7 Å². The number of benzene rings is 2. The number of hydrogen-bond donors (Lipinski definition) is 2. The third-order valence-electron chi connectivity index (χ3n) is 6.38. The van der Waals surface area contributed by atoms with Gasteiger partial charge in [0.2, 0.25) is 0 Å². The van der Waals surface area contributed by atoms with Crippen molar-refractivity contribution in [1.82, 2.24) is 15.0 Å². The van der Waals surface area contributed by atoms with E-state index in [0.29, 0.717) is 40.9 Å². The van der Waals surface area contributed by atoms with E-state index in [1.165, 1.54) is 24.3 Å². The van der Waals surface area contributed by atoms with Crippen LogP contribution in [-0.2, 0) is 8.72 Å². The van der Waals surface area contributed by atoms with Crippen molar-refractivity contribution < 1.29 is 23.1 Å². The van der Waals surface area contributed by atoms with Crippen LogP contribution in [0.2, 0.25) is 0 Å². The maximum atomic E-state index is 15.1. The SMILES string of the molecule is C=IC(F)(F)c1ccc2nc(-c3ccc(-c4ccc(N5CCC[C@@H](C(=O)O)C5)nc4)cc3F)[nH]c2c1. The topological polar surface area (TPSA) is 82.1 Å². The van der Waals surface area contributed by atoms with E-state index in [2.05, 4.69) is 19.5 Å². The molecule has 4 aromatic rings. The monoisotopic (exact) mass is 606 g/mol. The molecule has 2 aromatic heterocycles. The number of H-pyrrole nitrogens is 1. The Kier molecular flexibility index (Phi) is 6.54. The Morgan fingerprint density at radius 1 is 1.17 bits per heavy atom. The van der Waals surface area contributed by atoms with Gasteiger partial charge in [0.25, 0.3) is 0 Å². The van der Waals surface area contributed by atoms with Crippen LogP contribution in [0.15, 0.2) is 54.7 Å². The summed E-state index contributed by atoms with van der Waals surface area (Å²) in [6, 6.07) is 12.5. The average molecular weight is 606 g/mol. The molecule has 0 unspecified atom stereocenters. The molecule has 6 nitrogen and oxygen atoms in total. The van der Waals surface area contributed by atoms with Crippen molar-refractivity contribution in [1.29, 1.82) is 0 Å². The molecule has 1 saturated heterocycles. The van der Waals surface area contributed by atoms with Crippen LogP contribution in [0.3, 0.4) is 0 Å². The van der Waals surface area contributed by atoms with Crippen LogP contribution in [0.25, 0.3) is 33.5 Å². The Morgan fingerprint density at radius 3 is 2.67 bits per heavy atom. The number of carboxylic acids is 1. The molecule has 2 aromatic carbocycles. The second-order valence-electron chi connectivity index (χ2n) is 8.67. The Bertz CT molecular complexity index is 1460. The molecule has 0 saturated carbocycles. The van der Waals surface area contributed by atoms with E-state index in [-0.39, 0.29) is 17.0 Å². The number of nitrogens with zero attached hydrogens (tertiary/aromatic N) is 3. The summed E-state index contributed by atoms with van der Waals surface area (Å²) in [7, 11) is 0. The summed E-state index contributed by atoms with van der Waals surface area (Å²) in [4.78, 5) is 25.1. The van der Waals surface area contributed by atoms with Gasteiger partial charge >= 0.3 is 9.90 Å². The summed E-state index contributed by atoms with van der Waals surface area (Å²) < 4.78 is 43.7. The molecule has 0 spiro atoms. The van der Waals surface area contributed by atoms with Gasteiger partial charge in [-0.1, -0.05) is 10.6 Å². The van der Waals surface area contributed by atoms with E-state index in [1.54, 1.807) is 18.3 Å². The van der Waals surface area contributed by atoms with Crippen LogP contribution < -0.4 is 4.90 Å². The number of piperidine rings is 1. The van der Waals surface area contributed by atoms with Gasteiger partial charge in [-0.3, -0.25) is 4.79 Å². The van der Waals surface area contributed by atoms with Gasteiger partial charge < -0.3 is 15.0 Å². The molecule has 5 rings (SSSR count). The van der Waals surface area contributed by atoms with Crippen molar-refractivity contribution in [3.05, 3.63) is 66.1 Å². The standard InChI is InChI=1S/C26H22F3IN4O2/c1-30-26(28,29)18-6-8-21-22(12-18)33-24(32-21)19-7-4-15(11-20(19)27)16-5-9-23(31-13-16)34-10-2-3-17(14-34)25(35)36/h4-9,11-13,17H,1-3,10,14H2,(H,32,33)(H,35,36)/t17-/m1/s1. The summed E-state index contributed by atoms with van der Waals surface area (Å²) in [6.07, 6.45) is 3.09. The number of aromatic nitrogens is 3. The van der Waals surface area contributed by atoms with Gasteiger partial charge in [-0.15, -0.1) is 0 Å². The van der Waals surface area contributed by atoms with Gasteiger partial charge in [0.1, 0.15) is 17.5 Å². The number of halogens is 4. The minimum Gasteiger partial charge on any atom is -0.481 e. The Labute approximate surface area is 214 Å². The first-order valence-corrected chi connectivity index (χ1v) is 13.9. The lowest BCUT2D eigenvalue weighted by molar-refractivity contribution is -0.141. The number of carbonyl (C=O) groups is 1. The number of aromatic amines is 1. The molecular formula is C26H22F3IN4O2. The maximum absolute atomic E-state index is 15.1. The van der Waals surface area contributed by atoms with E-state index in [0.717, 1.165) is 13.0 Å². The average Bonchev–Trinajstić information content (AvgIpc) is 3.32. The van der Waals surface area contributed by atoms with E-state index in [9.17, 15) is 18.7 Å². The molecule has 10 heteroatoms. The Balaban J connectivity index is 1.38. The molecule has 1 atom stereocenters. The summed E-state index contributed by atoms with van der Waals surface area (Å²) in [6.45, 7) is 1.16.